The van der Waals surface area contributed by atoms with Crippen LogP contribution in [-0.2, 0) is 14.3 Å². The minimum absolute atomic E-state index is 0.0149. The van der Waals surface area contributed by atoms with Gasteiger partial charge in [0.2, 0.25) is 5.91 Å². The number of hydrogen-bond donors (Lipinski definition) is 2. The zero-order valence-corrected chi connectivity index (χ0v) is 16.9. The highest BCUT2D eigenvalue weighted by Gasteiger charge is 2.21. The van der Waals surface area contributed by atoms with E-state index < -0.39 is 12.0 Å². The summed E-state index contributed by atoms with van der Waals surface area (Å²) in [6.45, 7) is 3.74. The van der Waals surface area contributed by atoms with E-state index in [0.29, 0.717) is 23.4 Å². The van der Waals surface area contributed by atoms with E-state index in [1.54, 1.807) is 63.4 Å². The van der Waals surface area contributed by atoms with Gasteiger partial charge < -0.3 is 20.1 Å². The Morgan fingerprint density at radius 3 is 2.48 bits per heavy atom. The summed E-state index contributed by atoms with van der Waals surface area (Å²) in [7, 11) is 1.55. The fraction of sp³-hybridized carbons (Fsp3) is 0.318. The normalized spacial score (nSPS) is 11.3. The van der Waals surface area contributed by atoms with Crippen LogP contribution in [0.3, 0.4) is 0 Å². The van der Waals surface area contributed by atoms with Crippen molar-refractivity contribution in [2.75, 3.05) is 19.0 Å². The molecule has 0 saturated heterocycles. The molecule has 7 heteroatoms. The number of anilines is 1. The van der Waals surface area contributed by atoms with Crippen LogP contribution < -0.4 is 15.4 Å². The summed E-state index contributed by atoms with van der Waals surface area (Å²) in [6.07, 6.45) is 0.326. The van der Waals surface area contributed by atoms with Crippen molar-refractivity contribution in [3.63, 3.8) is 0 Å². The first kappa shape index (κ1) is 21.9. The maximum Gasteiger partial charge on any atom is 0.308 e. The molecule has 0 bridgehead atoms. The number of methoxy groups -OCH3 is 1. The number of hydrogen-bond acceptors (Lipinski definition) is 5. The van der Waals surface area contributed by atoms with Gasteiger partial charge in [0.15, 0.2) is 0 Å². The summed E-state index contributed by atoms with van der Waals surface area (Å²) in [4.78, 5) is 36.5. The third-order valence-corrected chi connectivity index (χ3v) is 4.21. The lowest BCUT2D eigenvalue weighted by molar-refractivity contribution is -0.143. The van der Waals surface area contributed by atoms with Gasteiger partial charge >= 0.3 is 5.97 Å². The Hall–Kier alpha value is -3.35. The molecule has 0 aliphatic heterocycles. The summed E-state index contributed by atoms with van der Waals surface area (Å²) in [6, 6.07) is 13.2. The highest BCUT2D eigenvalue weighted by Crippen LogP contribution is 2.23. The predicted octanol–water partition coefficient (Wildman–Crippen LogP) is 3.47. The molecular weight excluding hydrogens is 372 g/mol. The van der Waals surface area contributed by atoms with Gasteiger partial charge in [0, 0.05) is 17.7 Å². The molecule has 0 heterocycles. The Morgan fingerprint density at radius 2 is 1.79 bits per heavy atom. The SMILES string of the molecule is CCOC(=O)CC(NC(=O)c1cccc(NC(=O)CC)c1)c1cccc(OC)c1. The highest BCUT2D eigenvalue weighted by atomic mass is 16.5. The Morgan fingerprint density at radius 1 is 1.03 bits per heavy atom. The average Bonchev–Trinajstić information content (AvgIpc) is 2.73. The molecule has 1 unspecified atom stereocenters. The molecule has 2 rings (SSSR count). The largest absolute Gasteiger partial charge is 0.497 e. The summed E-state index contributed by atoms with van der Waals surface area (Å²) in [5.74, 6) is -0.298. The maximum absolute atomic E-state index is 12.8. The van der Waals surface area contributed by atoms with Crippen LogP contribution in [0.1, 0.15) is 48.7 Å². The molecule has 0 aromatic heterocycles. The van der Waals surface area contributed by atoms with Crippen LogP contribution in [0, 0.1) is 0 Å². The molecule has 2 aromatic carbocycles. The van der Waals surface area contributed by atoms with Gasteiger partial charge in [-0.05, 0) is 42.8 Å². The third-order valence-electron chi connectivity index (χ3n) is 4.21. The van der Waals surface area contributed by atoms with Crippen LogP contribution >= 0.6 is 0 Å². The van der Waals surface area contributed by atoms with E-state index in [1.807, 2.05) is 6.07 Å². The summed E-state index contributed by atoms with van der Waals surface area (Å²) < 4.78 is 10.3. The van der Waals surface area contributed by atoms with Gasteiger partial charge in [-0.3, -0.25) is 14.4 Å². The van der Waals surface area contributed by atoms with Gasteiger partial charge in [-0.2, -0.15) is 0 Å². The van der Waals surface area contributed by atoms with Crippen molar-refractivity contribution in [3.8, 4) is 5.75 Å². The van der Waals surface area contributed by atoms with Crippen molar-refractivity contribution < 1.29 is 23.9 Å². The third kappa shape index (κ3) is 6.64. The second kappa shape index (κ2) is 10.8. The van der Waals surface area contributed by atoms with E-state index in [-0.39, 0.29) is 24.8 Å². The van der Waals surface area contributed by atoms with Crippen LogP contribution in [0.25, 0.3) is 0 Å². The predicted molar refractivity (Wildman–Crippen MR) is 110 cm³/mol. The first-order chi connectivity index (χ1) is 14.0. The quantitative estimate of drug-likeness (QED) is 0.631. The van der Waals surface area contributed by atoms with Crippen molar-refractivity contribution in [3.05, 3.63) is 59.7 Å². The van der Waals surface area contributed by atoms with Crippen LogP contribution in [0.5, 0.6) is 5.75 Å². The fourth-order valence-electron chi connectivity index (χ4n) is 2.73. The monoisotopic (exact) mass is 398 g/mol. The van der Waals surface area contributed by atoms with Crippen molar-refractivity contribution in [1.82, 2.24) is 5.32 Å². The van der Waals surface area contributed by atoms with Crippen LogP contribution in [0.4, 0.5) is 5.69 Å². The van der Waals surface area contributed by atoms with Crippen molar-refractivity contribution in [2.45, 2.75) is 32.7 Å². The summed E-state index contributed by atoms with van der Waals surface area (Å²) in [5, 5.41) is 5.60. The molecule has 0 radical (unpaired) electrons. The number of carbonyl (C=O) groups excluding carboxylic acids is 3. The zero-order valence-electron chi connectivity index (χ0n) is 16.9. The van der Waals surface area contributed by atoms with E-state index in [4.69, 9.17) is 9.47 Å². The second-order valence-electron chi connectivity index (χ2n) is 6.29. The van der Waals surface area contributed by atoms with E-state index in [2.05, 4.69) is 10.6 Å². The fourth-order valence-corrected chi connectivity index (χ4v) is 2.73. The molecule has 0 aliphatic carbocycles. The molecule has 2 aromatic rings. The molecule has 2 amide bonds. The van der Waals surface area contributed by atoms with Gasteiger partial charge in [-0.15, -0.1) is 0 Å². The molecule has 0 aliphatic rings. The van der Waals surface area contributed by atoms with Crippen LogP contribution in [0.2, 0.25) is 0 Å². The van der Waals surface area contributed by atoms with Crippen molar-refractivity contribution >= 4 is 23.5 Å². The highest BCUT2D eigenvalue weighted by molar-refractivity contribution is 5.97. The number of benzene rings is 2. The summed E-state index contributed by atoms with van der Waals surface area (Å²) in [5.41, 5.74) is 1.63. The molecule has 2 N–H and O–H groups in total. The first-order valence-electron chi connectivity index (χ1n) is 9.47. The van der Waals surface area contributed by atoms with Crippen LogP contribution in [0.15, 0.2) is 48.5 Å². The minimum atomic E-state index is -0.592. The Kier molecular flexibility index (Phi) is 8.21. The molecule has 0 fully saturated rings. The molecule has 0 saturated carbocycles. The van der Waals surface area contributed by atoms with E-state index in [9.17, 15) is 14.4 Å². The lowest BCUT2D eigenvalue weighted by atomic mass is 10.0. The van der Waals surface area contributed by atoms with Crippen LogP contribution in [-0.4, -0.2) is 31.5 Å². The number of ether oxygens (including phenoxy) is 2. The number of rotatable bonds is 9. The average molecular weight is 398 g/mol. The Labute approximate surface area is 170 Å². The topological polar surface area (TPSA) is 93.7 Å². The molecular formula is C22H26N2O5. The van der Waals surface area contributed by atoms with E-state index >= 15 is 0 Å². The zero-order chi connectivity index (χ0) is 21.2. The number of amides is 2. The lowest BCUT2D eigenvalue weighted by Crippen LogP contribution is -2.30. The van der Waals surface area contributed by atoms with E-state index in [1.165, 1.54) is 0 Å². The molecule has 1 atom stereocenters. The second-order valence-corrected chi connectivity index (χ2v) is 6.29. The van der Waals surface area contributed by atoms with Gasteiger partial charge in [0.05, 0.1) is 26.2 Å². The van der Waals surface area contributed by atoms with Crippen molar-refractivity contribution in [2.24, 2.45) is 0 Å². The van der Waals surface area contributed by atoms with Gasteiger partial charge in [-0.25, -0.2) is 0 Å². The Balaban J connectivity index is 2.23. The van der Waals surface area contributed by atoms with E-state index in [0.717, 1.165) is 5.56 Å². The van der Waals surface area contributed by atoms with Crippen molar-refractivity contribution in [1.29, 1.82) is 0 Å². The van der Waals surface area contributed by atoms with Gasteiger partial charge in [0.1, 0.15) is 5.75 Å². The van der Waals surface area contributed by atoms with Gasteiger partial charge in [0.25, 0.3) is 5.91 Å². The molecule has 29 heavy (non-hydrogen) atoms. The van der Waals surface area contributed by atoms with Gasteiger partial charge in [-0.1, -0.05) is 25.1 Å². The number of esters is 1. The smallest absolute Gasteiger partial charge is 0.308 e. The summed E-state index contributed by atoms with van der Waals surface area (Å²) >= 11 is 0. The maximum atomic E-state index is 12.8. The standard InChI is InChI=1S/C22H26N2O5/c1-4-20(25)23-17-10-6-9-16(12-17)22(27)24-19(14-21(26)29-5-2)15-8-7-11-18(13-15)28-3/h6-13,19H,4-5,14H2,1-3H3,(H,23,25)(H,24,27). The Bertz CT molecular complexity index is 866. The first-order valence-corrected chi connectivity index (χ1v) is 9.47. The molecule has 7 nitrogen and oxygen atoms in total. The molecule has 154 valence electrons. The number of carbonyl (C=O) groups is 3. The minimum Gasteiger partial charge on any atom is -0.497 e. The number of nitrogens with one attached hydrogen (secondary N) is 2. The molecule has 0 spiro atoms. The lowest BCUT2D eigenvalue weighted by Gasteiger charge is -2.19.